The van der Waals surface area contributed by atoms with E-state index in [9.17, 15) is 8.42 Å². The topological polar surface area (TPSA) is 46.2 Å². The van der Waals surface area contributed by atoms with Crippen molar-refractivity contribution in [2.75, 3.05) is 17.8 Å². The SMILES string of the molecule is CCC(CSC)NS(=O)(=O)CC. The van der Waals surface area contributed by atoms with Crippen LogP contribution in [0.2, 0.25) is 0 Å². The second-order valence-electron chi connectivity index (χ2n) is 2.58. The Balaban J connectivity index is 4.02. The van der Waals surface area contributed by atoms with Gasteiger partial charge in [0.15, 0.2) is 0 Å². The molecule has 1 atom stereocenters. The maximum absolute atomic E-state index is 11.1. The summed E-state index contributed by atoms with van der Waals surface area (Å²) in [6.07, 6.45) is 2.82. The minimum Gasteiger partial charge on any atom is -0.212 e. The predicted molar refractivity (Wildman–Crippen MR) is 55.1 cm³/mol. The number of rotatable bonds is 6. The third kappa shape index (κ3) is 5.00. The van der Waals surface area contributed by atoms with Crippen LogP contribution in [0.4, 0.5) is 0 Å². The molecule has 0 aliphatic rings. The van der Waals surface area contributed by atoms with Crippen molar-refractivity contribution in [3.63, 3.8) is 0 Å². The van der Waals surface area contributed by atoms with Crippen molar-refractivity contribution in [2.45, 2.75) is 26.3 Å². The van der Waals surface area contributed by atoms with Crippen LogP contribution in [0.25, 0.3) is 0 Å². The predicted octanol–water partition coefficient (Wildman–Crippen LogP) is 1.07. The highest BCUT2D eigenvalue weighted by atomic mass is 32.2. The minimum absolute atomic E-state index is 0.0879. The standard InChI is InChI=1S/C7H17NO2S2/c1-4-7(6-11-3)8-12(9,10)5-2/h7-8H,4-6H2,1-3H3. The summed E-state index contributed by atoms with van der Waals surface area (Å²) in [7, 11) is -3.02. The van der Waals surface area contributed by atoms with Gasteiger partial charge < -0.3 is 0 Å². The minimum atomic E-state index is -3.02. The quantitative estimate of drug-likeness (QED) is 0.715. The fourth-order valence-electron chi connectivity index (χ4n) is 0.774. The summed E-state index contributed by atoms with van der Waals surface area (Å²) in [6.45, 7) is 3.63. The fraction of sp³-hybridized carbons (Fsp3) is 1.00. The van der Waals surface area contributed by atoms with Gasteiger partial charge in [0.1, 0.15) is 0 Å². The summed E-state index contributed by atoms with van der Waals surface area (Å²) in [5.41, 5.74) is 0. The molecule has 12 heavy (non-hydrogen) atoms. The van der Waals surface area contributed by atoms with E-state index in [1.165, 1.54) is 0 Å². The van der Waals surface area contributed by atoms with E-state index in [0.717, 1.165) is 12.2 Å². The number of hydrogen-bond donors (Lipinski definition) is 1. The van der Waals surface area contributed by atoms with Gasteiger partial charge in [0.05, 0.1) is 5.75 Å². The van der Waals surface area contributed by atoms with Crippen molar-refractivity contribution in [1.82, 2.24) is 4.72 Å². The van der Waals surface area contributed by atoms with E-state index in [0.29, 0.717) is 0 Å². The average molecular weight is 211 g/mol. The van der Waals surface area contributed by atoms with Gasteiger partial charge in [-0.15, -0.1) is 0 Å². The first-order valence-electron chi connectivity index (χ1n) is 4.04. The average Bonchev–Trinajstić information content (AvgIpc) is 2.03. The molecule has 0 spiro atoms. The second kappa shape index (κ2) is 5.83. The molecule has 0 bridgehead atoms. The lowest BCUT2D eigenvalue weighted by Crippen LogP contribution is -2.36. The molecule has 0 saturated heterocycles. The zero-order valence-electron chi connectivity index (χ0n) is 7.83. The molecular formula is C7H17NO2S2. The summed E-state index contributed by atoms with van der Waals surface area (Å²) < 4.78 is 24.9. The molecule has 0 saturated carbocycles. The summed E-state index contributed by atoms with van der Waals surface area (Å²) in [4.78, 5) is 0. The van der Waals surface area contributed by atoms with Crippen molar-refractivity contribution in [1.29, 1.82) is 0 Å². The molecule has 0 fully saturated rings. The molecule has 1 N–H and O–H groups in total. The summed E-state index contributed by atoms with van der Waals surface area (Å²) >= 11 is 1.66. The van der Waals surface area contributed by atoms with Crippen LogP contribution < -0.4 is 4.72 Å². The number of nitrogens with one attached hydrogen (secondary N) is 1. The maximum Gasteiger partial charge on any atom is 0.211 e. The van der Waals surface area contributed by atoms with Gasteiger partial charge in [0.2, 0.25) is 10.0 Å². The molecule has 74 valence electrons. The van der Waals surface area contributed by atoms with Gasteiger partial charge in [0, 0.05) is 11.8 Å². The van der Waals surface area contributed by atoms with E-state index in [1.807, 2.05) is 13.2 Å². The van der Waals surface area contributed by atoms with Crippen molar-refractivity contribution < 1.29 is 8.42 Å². The Kier molecular flexibility index (Phi) is 5.96. The van der Waals surface area contributed by atoms with Crippen LogP contribution in [-0.2, 0) is 10.0 Å². The van der Waals surface area contributed by atoms with E-state index < -0.39 is 10.0 Å². The van der Waals surface area contributed by atoms with Crippen molar-refractivity contribution in [3.8, 4) is 0 Å². The first-order valence-corrected chi connectivity index (χ1v) is 7.09. The molecule has 0 aliphatic heterocycles. The van der Waals surface area contributed by atoms with Crippen LogP contribution >= 0.6 is 11.8 Å². The molecule has 0 aromatic carbocycles. The zero-order chi connectivity index (χ0) is 9.61. The lowest BCUT2D eigenvalue weighted by Gasteiger charge is -2.14. The van der Waals surface area contributed by atoms with Gasteiger partial charge in [-0.1, -0.05) is 6.92 Å². The molecule has 0 aromatic heterocycles. The Morgan fingerprint density at radius 1 is 1.42 bits per heavy atom. The Morgan fingerprint density at radius 3 is 2.33 bits per heavy atom. The third-order valence-electron chi connectivity index (χ3n) is 1.59. The molecule has 0 aliphatic carbocycles. The molecule has 1 unspecified atom stereocenters. The lowest BCUT2D eigenvalue weighted by molar-refractivity contribution is 0.559. The Hall–Kier alpha value is 0.260. The largest absolute Gasteiger partial charge is 0.212 e. The fourth-order valence-corrected chi connectivity index (χ4v) is 2.53. The van der Waals surface area contributed by atoms with E-state index in [-0.39, 0.29) is 11.8 Å². The second-order valence-corrected chi connectivity index (χ2v) is 5.54. The summed E-state index contributed by atoms with van der Waals surface area (Å²) in [5, 5.41) is 0. The molecule has 0 heterocycles. The highest BCUT2D eigenvalue weighted by Gasteiger charge is 2.13. The number of thioether (sulfide) groups is 1. The van der Waals surface area contributed by atoms with Crippen LogP contribution in [0.3, 0.4) is 0 Å². The Labute approximate surface area is 79.4 Å². The lowest BCUT2D eigenvalue weighted by atomic mass is 10.3. The summed E-state index contributed by atoms with van der Waals surface area (Å²) in [6, 6.07) is 0.0879. The van der Waals surface area contributed by atoms with E-state index in [1.54, 1.807) is 18.7 Å². The zero-order valence-corrected chi connectivity index (χ0v) is 9.46. The highest BCUT2D eigenvalue weighted by Crippen LogP contribution is 2.02. The van der Waals surface area contributed by atoms with Crippen LogP contribution in [-0.4, -0.2) is 32.2 Å². The first kappa shape index (κ1) is 12.3. The maximum atomic E-state index is 11.1. The monoisotopic (exact) mass is 211 g/mol. The molecule has 3 nitrogen and oxygen atoms in total. The highest BCUT2D eigenvalue weighted by molar-refractivity contribution is 7.98. The molecule has 0 rings (SSSR count). The normalized spacial score (nSPS) is 14.6. The van der Waals surface area contributed by atoms with Gasteiger partial charge in [-0.3, -0.25) is 0 Å². The molecular weight excluding hydrogens is 194 g/mol. The van der Waals surface area contributed by atoms with Crippen molar-refractivity contribution >= 4 is 21.8 Å². The Bertz CT molecular complexity index is 201. The summed E-state index contributed by atoms with van der Waals surface area (Å²) in [5.74, 6) is 1.01. The van der Waals surface area contributed by atoms with Crippen molar-refractivity contribution in [3.05, 3.63) is 0 Å². The Morgan fingerprint density at radius 2 is 2.00 bits per heavy atom. The molecule has 0 radical (unpaired) electrons. The van der Waals surface area contributed by atoms with Gasteiger partial charge in [-0.25, -0.2) is 13.1 Å². The van der Waals surface area contributed by atoms with E-state index in [4.69, 9.17) is 0 Å². The van der Waals surface area contributed by atoms with Crippen LogP contribution in [0.5, 0.6) is 0 Å². The molecule has 0 amide bonds. The van der Waals surface area contributed by atoms with E-state index >= 15 is 0 Å². The van der Waals surface area contributed by atoms with Gasteiger partial charge in [-0.2, -0.15) is 11.8 Å². The molecule has 0 aromatic rings. The third-order valence-corrected chi connectivity index (χ3v) is 3.78. The number of hydrogen-bond acceptors (Lipinski definition) is 3. The van der Waals surface area contributed by atoms with Gasteiger partial charge >= 0.3 is 0 Å². The van der Waals surface area contributed by atoms with Crippen molar-refractivity contribution in [2.24, 2.45) is 0 Å². The van der Waals surface area contributed by atoms with E-state index in [2.05, 4.69) is 4.72 Å². The van der Waals surface area contributed by atoms with Crippen LogP contribution in [0.15, 0.2) is 0 Å². The first-order chi connectivity index (χ1) is 5.55. The van der Waals surface area contributed by atoms with Gasteiger partial charge in [0.25, 0.3) is 0 Å². The molecule has 5 heteroatoms. The van der Waals surface area contributed by atoms with Crippen LogP contribution in [0.1, 0.15) is 20.3 Å². The van der Waals surface area contributed by atoms with Crippen LogP contribution in [0, 0.1) is 0 Å². The smallest absolute Gasteiger partial charge is 0.211 e. The van der Waals surface area contributed by atoms with Gasteiger partial charge in [-0.05, 0) is 19.6 Å². The number of sulfonamides is 1.